The average Bonchev–Trinajstić information content (AvgIpc) is 2.75. The number of carbonyl (C=O) groups excluding carboxylic acids is 1. The number of likely N-dealkylation sites (tertiary alicyclic amines) is 1. The third-order valence-electron chi connectivity index (χ3n) is 5.63. The minimum absolute atomic E-state index is 0.267. The first kappa shape index (κ1) is 17.3. The van der Waals surface area contributed by atoms with Crippen molar-refractivity contribution >= 4 is 5.91 Å². The van der Waals surface area contributed by atoms with Crippen LogP contribution in [0.4, 0.5) is 0 Å². The Labute approximate surface area is 136 Å². The normalized spacial score (nSPS) is 22.4. The van der Waals surface area contributed by atoms with Crippen LogP contribution in [0.25, 0.3) is 0 Å². The highest BCUT2D eigenvalue weighted by Gasteiger charge is 2.44. The van der Waals surface area contributed by atoms with E-state index in [0.29, 0.717) is 17.7 Å². The zero-order valence-electron chi connectivity index (χ0n) is 14.8. The molecule has 2 rings (SSSR count). The Morgan fingerprint density at radius 3 is 2.36 bits per heavy atom. The van der Waals surface area contributed by atoms with E-state index < -0.39 is 0 Å². The molecule has 1 amide bonds. The van der Waals surface area contributed by atoms with Crippen LogP contribution >= 0.6 is 0 Å². The Balaban J connectivity index is 1.89. The Kier molecular flexibility index (Phi) is 5.52. The van der Waals surface area contributed by atoms with E-state index in [1.165, 1.54) is 37.7 Å². The van der Waals surface area contributed by atoms with E-state index in [9.17, 15) is 4.79 Å². The average molecular weight is 303 g/mol. The molecule has 0 N–H and O–H groups in total. The first-order chi connectivity index (χ1) is 10.3. The van der Waals surface area contributed by atoms with E-state index in [2.05, 4.69) is 33.9 Å². The van der Waals surface area contributed by atoms with Crippen molar-refractivity contribution in [2.24, 2.45) is 17.3 Å². The molecule has 1 saturated carbocycles. The molecule has 1 aliphatic heterocycles. The number of nitrogens with zero attached hydrogens (tertiary/aromatic N) is 1. The van der Waals surface area contributed by atoms with Crippen LogP contribution < -0.4 is 0 Å². The van der Waals surface area contributed by atoms with Gasteiger partial charge in [-0.15, -0.1) is 0 Å². The molecule has 0 aromatic heterocycles. The monoisotopic (exact) mass is 303 g/mol. The maximum atomic E-state index is 12.4. The van der Waals surface area contributed by atoms with Gasteiger partial charge in [0.25, 0.3) is 0 Å². The number of carbonyl (C=O) groups is 1. The molecule has 124 valence electrons. The van der Waals surface area contributed by atoms with E-state index in [4.69, 9.17) is 0 Å². The standard InChI is InChI=1S/C20H33NO/c1-15(2)17(4)11-16(3)12-18(5)21-14-20(13-19(21)22)9-7-6-8-10-20/h15-16H,4-14H2,1-3H3. The van der Waals surface area contributed by atoms with Gasteiger partial charge >= 0.3 is 0 Å². The lowest BCUT2D eigenvalue weighted by Gasteiger charge is -2.33. The highest BCUT2D eigenvalue weighted by atomic mass is 16.2. The summed E-state index contributed by atoms with van der Waals surface area (Å²) >= 11 is 0. The Morgan fingerprint density at radius 2 is 1.77 bits per heavy atom. The molecule has 1 aliphatic carbocycles. The summed E-state index contributed by atoms with van der Waals surface area (Å²) < 4.78 is 0. The fourth-order valence-corrected chi connectivity index (χ4v) is 4.09. The second kappa shape index (κ2) is 7.02. The van der Waals surface area contributed by atoms with Gasteiger partial charge in [-0.1, -0.05) is 58.8 Å². The Bertz CT molecular complexity index is 443. The van der Waals surface area contributed by atoms with Gasteiger partial charge in [-0.25, -0.2) is 0 Å². The van der Waals surface area contributed by atoms with E-state index in [1.54, 1.807) is 0 Å². The van der Waals surface area contributed by atoms with Crippen molar-refractivity contribution in [3.05, 3.63) is 24.4 Å². The second-order valence-electron chi connectivity index (χ2n) is 8.11. The van der Waals surface area contributed by atoms with Crippen molar-refractivity contribution in [1.29, 1.82) is 0 Å². The number of rotatable bonds is 6. The van der Waals surface area contributed by atoms with Gasteiger partial charge in [0.15, 0.2) is 0 Å². The van der Waals surface area contributed by atoms with Gasteiger partial charge in [-0.2, -0.15) is 0 Å². The lowest BCUT2D eigenvalue weighted by Crippen LogP contribution is -2.30. The Hall–Kier alpha value is -1.05. The van der Waals surface area contributed by atoms with Crippen LogP contribution in [0.2, 0.25) is 0 Å². The molecule has 2 heteroatoms. The van der Waals surface area contributed by atoms with E-state index in [0.717, 1.165) is 31.5 Å². The highest BCUT2D eigenvalue weighted by molar-refractivity contribution is 5.81. The van der Waals surface area contributed by atoms with Crippen LogP contribution in [0.15, 0.2) is 24.4 Å². The van der Waals surface area contributed by atoms with Crippen molar-refractivity contribution in [2.45, 2.75) is 72.1 Å². The van der Waals surface area contributed by atoms with Gasteiger partial charge in [0.2, 0.25) is 5.91 Å². The third-order valence-corrected chi connectivity index (χ3v) is 5.63. The summed E-state index contributed by atoms with van der Waals surface area (Å²) in [5.74, 6) is 1.36. The maximum absolute atomic E-state index is 12.4. The molecule has 1 heterocycles. The molecule has 1 saturated heterocycles. The maximum Gasteiger partial charge on any atom is 0.227 e. The molecule has 2 fully saturated rings. The van der Waals surface area contributed by atoms with E-state index in [-0.39, 0.29) is 5.41 Å². The molecule has 0 aromatic carbocycles. The molecule has 2 aliphatic rings. The van der Waals surface area contributed by atoms with Gasteiger partial charge in [0, 0.05) is 18.7 Å². The van der Waals surface area contributed by atoms with Gasteiger partial charge in [-0.3, -0.25) is 4.79 Å². The summed E-state index contributed by atoms with van der Waals surface area (Å²) in [5.41, 5.74) is 2.59. The van der Waals surface area contributed by atoms with Crippen LogP contribution in [-0.2, 0) is 4.79 Å². The van der Waals surface area contributed by atoms with Crippen molar-refractivity contribution in [2.75, 3.05) is 6.54 Å². The van der Waals surface area contributed by atoms with Crippen LogP contribution in [0.3, 0.4) is 0 Å². The first-order valence-electron chi connectivity index (χ1n) is 8.99. The number of hydrogen-bond acceptors (Lipinski definition) is 1. The largest absolute Gasteiger partial charge is 0.316 e. The molecule has 0 bridgehead atoms. The van der Waals surface area contributed by atoms with Gasteiger partial charge in [-0.05, 0) is 42.9 Å². The first-order valence-corrected chi connectivity index (χ1v) is 8.99. The molecule has 1 unspecified atom stereocenters. The van der Waals surface area contributed by atoms with Gasteiger partial charge in [0.05, 0.1) is 0 Å². The van der Waals surface area contributed by atoms with E-state index in [1.807, 2.05) is 4.90 Å². The van der Waals surface area contributed by atoms with Gasteiger partial charge < -0.3 is 4.90 Å². The summed E-state index contributed by atoms with van der Waals surface area (Å²) in [6.07, 6.45) is 9.06. The molecule has 1 atom stereocenters. The number of allylic oxidation sites excluding steroid dienone is 2. The highest BCUT2D eigenvalue weighted by Crippen LogP contribution is 2.45. The second-order valence-corrected chi connectivity index (χ2v) is 8.11. The topological polar surface area (TPSA) is 20.3 Å². The van der Waals surface area contributed by atoms with Crippen LogP contribution in [0, 0.1) is 17.3 Å². The quantitative estimate of drug-likeness (QED) is 0.609. The molecular weight excluding hydrogens is 270 g/mol. The minimum Gasteiger partial charge on any atom is -0.316 e. The fourth-order valence-electron chi connectivity index (χ4n) is 4.09. The third kappa shape index (κ3) is 4.02. The fraction of sp³-hybridized carbons (Fsp3) is 0.750. The van der Waals surface area contributed by atoms with Crippen molar-refractivity contribution in [1.82, 2.24) is 4.90 Å². The molecule has 0 radical (unpaired) electrons. The predicted molar refractivity (Wildman–Crippen MR) is 93.4 cm³/mol. The van der Waals surface area contributed by atoms with E-state index >= 15 is 0 Å². The van der Waals surface area contributed by atoms with Crippen LogP contribution in [0.1, 0.15) is 72.1 Å². The summed E-state index contributed by atoms with van der Waals surface area (Å²) in [6, 6.07) is 0. The predicted octanol–water partition coefficient (Wildman–Crippen LogP) is 5.31. The summed E-state index contributed by atoms with van der Waals surface area (Å²) in [6.45, 7) is 16.0. The number of amides is 1. The molecule has 0 aromatic rings. The summed E-state index contributed by atoms with van der Waals surface area (Å²) in [7, 11) is 0. The zero-order valence-corrected chi connectivity index (χ0v) is 14.8. The van der Waals surface area contributed by atoms with Crippen LogP contribution in [-0.4, -0.2) is 17.4 Å². The molecule has 22 heavy (non-hydrogen) atoms. The lowest BCUT2D eigenvalue weighted by molar-refractivity contribution is -0.126. The zero-order chi connectivity index (χ0) is 16.3. The Morgan fingerprint density at radius 1 is 1.14 bits per heavy atom. The molecule has 2 nitrogen and oxygen atoms in total. The lowest BCUT2D eigenvalue weighted by atomic mass is 9.73. The van der Waals surface area contributed by atoms with Crippen LogP contribution in [0.5, 0.6) is 0 Å². The summed E-state index contributed by atoms with van der Waals surface area (Å²) in [4.78, 5) is 14.4. The molecule has 1 spiro atoms. The van der Waals surface area contributed by atoms with Crippen molar-refractivity contribution in [3.8, 4) is 0 Å². The van der Waals surface area contributed by atoms with Crippen molar-refractivity contribution in [3.63, 3.8) is 0 Å². The smallest absolute Gasteiger partial charge is 0.227 e. The van der Waals surface area contributed by atoms with Crippen molar-refractivity contribution < 1.29 is 4.79 Å². The molecular formula is C20H33NO. The minimum atomic E-state index is 0.267. The SMILES string of the molecule is C=C(CC(C)CC(=C)N1CC2(CCCCC2)CC1=O)C(C)C. The summed E-state index contributed by atoms with van der Waals surface area (Å²) in [5, 5.41) is 0. The van der Waals surface area contributed by atoms with Gasteiger partial charge in [0.1, 0.15) is 0 Å². The number of hydrogen-bond donors (Lipinski definition) is 0.